The first-order valence-corrected chi connectivity index (χ1v) is 19.9. The van der Waals surface area contributed by atoms with Crippen LogP contribution in [0.3, 0.4) is 0 Å². The SMILES string of the molecule is CC[C@H]1OC(=O)[C@H](C)C(=O)[C@H](C)[C@@H](OC2OC(C)CC(N(C)C)C2O)[C@](C)(OC)C[C@@H](C)/C(=N\N=C(/C)CCC(=O)Nc2ccc(C)cc2)[C@H](C)[C@@H](O)[C@]1(C)O. The van der Waals surface area contributed by atoms with Crippen LogP contribution in [-0.4, -0.2) is 125 Å². The molecule has 13 atom stereocenters. The summed E-state index contributed by atoms with van der Waals surface area (Å²) in [7, 11) is 5.24. The number of nitrogens with one attached hydrogen (secondary N) is 1. The predicted octanol–water partition coefficient (Wildman–Crippen LogP) is 4.70. The Labute approximate surface area is 333 Å². The van der Waals surface area contributed by atoms with Crippen LogP contribution in [0.5, 0.6) is 0 Å². The van der Waals surface area contributed by atoms with E-state index in [1.165, 1.54) is 21.0 Å². The number of ether oxygens (including phenoxy) is 4. The zero-order valence-electron chi connectivity index (χ0n) is 35.7. The number of ketones is 1. The van der Waals surface area contributed by atoms with Crippen LogP contribution in [0.2, 0.25) is 0 Å². The number of esters is 1. The molecule has 4 N–H and O–H groups in total. The van der Waals surface area contributed by atoms with Crippen molar-refractivity contribution in [3.63, 3.8) is 0 Å². The molecule has 56 heavy (non-hydrogen) atoms. The number of anilines is 1. The summed E-state index contributed by atoms with van der Waals surface area (Å²) in [4.78, 5) is 42.4. The Balaban J connectivity index is 2.09. The van der Waals surface area contributed by atoms with Gasteiger partial charge in [-0.15, -0.1) is 0 Å². The van der Waals surface area contributed by atoms with Crippen molar-refractivity contribution in [2.75, 3.05) is 26.5 Å². The smallest absolute Gasteiger partial charge is 0.316 e. The number of amides is 1. The highest BCUT2D eigenvalue weighted by molar-refractivity contribution is 6.00. The standard InChI is InChI=1S/C42H68N4O10/c1-14-32-42(10,52)37(50)27(6)34(45-44-25(4)17-20-33(47)43-30-18-15-23(2)16-19-30)24(3)22-41(9,53-13)38(28(7)35(48)29(8)39(51)55-32)56-40-36(49)31(46(11)12)21-26(5)54-40/h15-16,18-19,24,26-29,31-32,36-38,40,49-50,52H,14,17,20-22H2,1-13H3,(H,43,47)/b44-25+,45-34+/t24-,26?,27+,28+,29-,31?,32-,36?,37-,38-,40?,41-,42-/m1/s1. The van der Waals surface area contributed by atoms with Crippen molar-refractivity contribution in [2.24, 2.45) is 33.9 Å². The molecule has 1 amide bonds. The number of aliphatic hydroxyl groups excluding tert-OH is 2. The van der Waals surface area contributed by atoms with Gasteiger partial charge >= 0.3 is 5.97 Å². The Kier molecular flexibility index (Phi) is 16.9. The fourth-order valence-electron chi connectivity index (χ4n) is 7.98. The molecule has 2 aliphatic rings. The molecular formula is C42H68N4O10. The molecule has 2 fully saturated rings. The lowest BCUT2D eigenvalue weighted by Crippen LogP contribution is -2.60. The summed E-state index contributed by atoms with van der Waals surface area (Å²) in [5.74, 6) is -5.05. The Morgan fingerprint density at radius 2 is 1.66 bits per heavy atom. The second-order valence-electron chi connectivity index (χ2n) is 16.7. The second-order valence-corrected chi connectivity index (χ2v) is 16.7. The van der Waals surface area contributed by atoms with E-state index in [2.05, 4.69) is 15.5 Å². The molecule has 1 aromatic carbocycles. The molecule has 2 saturated heterocycles. The number of methoxy groups -OCH3 is 1. The number of benzene rings is 1. The highest BCUT2D eigenvalue weighted by Crippen LogP contribution is 2.38. The number of aliphatic hydroxyl groups is 3. The van der Waals surface area contributed by atoms with E-state index in [0.29, 0.717) is 30.0 Å². The minimum absolute atomic E-state index is 0.151. The fourth-order valence-corrected chi connectivity index (χ4v) is 7.98. The predicted molar refractivity (Wildman–Crippen MR) is 215 cm³/mol. The molecule has 0 aliphatic carbocycles. The van der Waals surface area contributed by atoms with Gasteiger partial charge in [-0.2, -0.15) is 10.2 Å². The second kappa shape index (κ2) is 20.0. The van der Waals surface area contributed by atoms with Crippen LogP contribution in [-0.2, 0) is 33.3 Å². The largest absolute Gasteiger partial charge is 0.459 e. The molecule has 3 rings (SSSR count). The van der Waals surface area contributed by atoms with Gasteiger partial charge in [0.15, 0.2) is 12.1 Å². The zero-order valence-corrected chi connectivity index (χ0v) is 35.7. The van der Waals surface area contributed by atoms with Gasteiger partial charge in [0.05, 0.1) is 23.9 Å². The number of cyclic esters (lactones) is 1. The van der Waals surface area contributed by atoms with Crippen LogP contribution in [0.1, 0.15) is 100.0 Å². The lowest BCUT2D eigenvalue weighted by molar-refractivity contribution is -0.295. The number of carbonyl (C=O) groups is 3. The van der Waals surface area contributed by atoms with Gasteiger partial charge in [0.2, 0.25) is 5.91 Å². The molecule has 1 aromatic rings. The first kappa shape index (κ1) is 47.3. The Bertz CT molecular complexity index is 1550. The molecule has 0 saturated carbocycles. The van der Waals surface area contributed by atoms with Crippen molar-refractivity contribution in [2.45, 2.75) is 155 Å². The number of likely N-dealkylation sites (N-methyl/N-ethyl adjacent to an activating group) is 1. The Hall–Kier alpha value is -3.11. The quantitative estimate of drug-likeness (QED) is 0.111. The summed E-state index contributed by atoms with van der Waals surface area (Å²) in [6.07, 6.45) is -4.78. The minimum Gasteiger partial charge on any atom is -0.459 e. The van der Waals surface area contributed by atoms with E-state index in [9.17, 15) is 29.7 Å². The van der Waals surface area contributed by atoms with E-state index in [1.54, 1.807) is 34.6 Å². The van der Waals surface area contributed by atoms with Gasteiger partial charge in [0.25, 0.3) is 0 Å². The van der Waals surface area contributed by atoms with Gasteiger partial charge in [-0.05, 0) is 99.4 Å². The third kappa shape index (κ3) is 11.5. The summed E-state index contributed by atoms with van der Waals surface area (Å²) in [5, 5.41) is 47.2. The van der Waals surface area contributed by atoms with Gasteiger partial charge in [-0.25, -0.2) is 0 Å². The molecule has 0 spiro atoms. The Morgan fingerprint density at radius 1 is 1.04 bits per heavy atom. The molecule has 0 radical (unpaired) electrons. The molecule has 0 bridgehead atoms. The van der Waals surface area contributed by atoms with Crippen molar-refractivity contribution < 1.29 is 48.7 Å². The molecule has 14 heteroatoms. The van der Waals surface area contributed by atoms with E-state index >= 15 is 0 Å². The summed E-state index contributed by atoms with van der Waals surface area (Å²) in [6, 6.07) is 7.23. The van der Waals surface area contributed by atoms with Crippen molar-refractivity contribution in [3.05, 3.63) is 29.8 Å². The lowest BCUT2D eigenvalue weighted by Gasteiger charge is -2.47. The van der Waals surface area contributed by atoms with Gasteiger partial charge in [-0.3, -0.25) is 14.4 Å². The molecule has 14 nitrogen and oxygen atoms in total. The maximum absolute atomic E-state index is 14.2. The van der Waals surface area contributed by atoms with Crippen molar-refractivity contribution in [1.29, 1.82) is 0 Å². The number of nitrogens with zero attached hydrogens (tertiary/aromatic N) is 3. The van der Waals surface area contributed by atoms with Crippen LogP contribution in [0.15, 0.2) is 34.5 Å². The van der Waals surface area contributed by atoms with E-state index in [-0.39, 0.29) is 37.3 Å². The van der Waals surface area contributed by atoms with Gasteiger partial charge < -0.3 is 44.5 Å². The molecular weight excluding hydrogens is 720 g/mol. The van der Waals surface area contributed by atoms with E-state index < -0.39 is 77.3 Å². The number of hydrogen-bond acceptors (Lipinski definition) is 13. The van der Waals surface area contributed by atoms with Gasteiger partial charge in [0.1, 0.15) is 23.7 Å². The minimum atomic E-state index is -1.94. The first-order valence-electron chi connectivity index (χ1n) is 19.9. The van der Waals surface area contributed by atoms with Crippen molar-refractivity contribution >= 4 is 34.8 Å². The Morgan fingerprint density at radius 3 is 2.23 bits per heavy atom. The summed E-state index contributed by atoms with van der Waals surface area (Å²) < 4.78 is 24.8. The number of Topliss-reactive ketones (excluding diaryl/α,β-unsaturated/α-hetero) is 1. The molecule has 4 unspecified atom stereocenters. The topological polar surface area (TPSA) is 189 Å². The number of carbonyl (C=O) groups excluding carboxylic acids is 3. The number of hydrogen-bond donors (Lipinski definition) is 4. The lowest BCUT2D eigenvalue weighted by atomic mass is 9.74. The third-order valence-electron chi connectivity index (χ3n) is 11.7. The third-order valence-corrected chi connectivity index (χ3v) is 11.7. The normalized spacial score (nSPS) is 37.6. The summed E-state index contributed by atoms with van der Waals surface area (Å²) in [5.41, 5.74) is -0.453. The van der Waals surface area contributed by atoms with Crippen LogP contribution >= 0.6 is 0 Å². The van der Waals surface area contributed by atoms with Crippen molar-refractivity contribution in [3.8, 4) is 0 Å². The average Bonchev–Trinajstić information content (AvgIpc) is 3.14. The van der Waals surface area contributed by atoms with E-state index in [1.807, 2.05) is 64.0 Å². The van der Waals surface area contributed by atoms with Crippen LogP contribution < -0.4 is 5.32 Å². The molecule has 316 valence electrons. The van der Waals surface area contributed by atoms with Crippen LogP contribution in [0, 0.1) is 30.6 Å². The van der Waals surface area contributed by atoms with E-state index in [0.717, 1.165) is 5.56 Å². The molecule has 2 aliphatic heterocycles. The van der Waals surface area contributed by atoms with Gasteiger partial charge in [0, 0.05) is 48.5 Å². The van der Waals surface area contributed by atoms with Gasteiger partial charge in [-0.1, -0.05) is 45.4 Å². The highest BCUT2D eigenvalue weighted by atomic mass is 16.7. The highest BCUT2D eigenvalue weighted by Gasteiger charge is 2.51. The van der Waals surface area contributed by atoms with Crippen molar-refractivity contribution in [1.82, 2.24) is 4.90 Å². The first-order chi connectivity index (χ1) is 26.1. The fraction of sp³-hybridized carbons (Fsp3) is 0.738. The maximum Gasteiger partial charge on any atom is 0.316 e. The van der Waals surface area contributed by atoms with Crippen LogP contribution in [0.25, 0.3) is 0 Å². The zero-order chi connectivity index (χ0) is 42.3. The summed E-state index contributed by atoms with van der Waals surface area (Å²) >= 11 is 0. The summed E-state index contributed by atoms with van der Waals surface area (Å²) in [6.45, 7) is 17.2. The number of aryl methyl sites for hydroxylation is 1. The monoisotopic (exact) mass is 788 g/mol. The molecule has 2 heterocycles. The maximum atomic E-state index is 14.2. The van der Waals surface area contributed by atoms with Crippen LogP contribution in [0.4, 0.5) is 5.69 Å². The number of rotatable bonds is 10. The average molecular weight is 789 g/mol. The van der Waals surface area contributed by atoms with E-state index in [4.69, 9.17) is 18.9 Å². The molecule has 0 aromatic heterocycles.